The molecule has 1 amide bonds. The molecular weight excluding hydrogens is 449 g/mol. The fourth-order valence-electron chi connectivity index (χ4n) is 2.78. The molecule has 1 unspecified atom stereocenters. The number of aromatic nitrogens is 2. The number of aliphatic carboxylic acids is 1. The van der Waals surface area contributed by atoms with E-state index in [9.17, 15) is 22.4 Å². The van der Waals surface area contributed by atoms with E-state index >= 15 is 0 Å². The minimum Gasteiger partial charge on any atom is -0.480 e. The van der Waals surface area contributed by atoms with Gasteiger partial charge in [0.05, 0.1) is 22.6 Å². The highest BCUT2D eigenvalue weighted by atomic mass is 32.2. The lowest BCUT2D eigenvalue weighted by Crippen LogP contribution is -2.38. The number of rotatable bonds is 9. The summed E-state index contributed by atoms with van der Waals surface area (Å²) in [4.78, 5) is 31.3. The summed E-state index contributed by atoms with van der Waals surface area (Å²) >= 11 is 1.01. The summed E-state index contributed by atoms with van der Waals surface area (Å²) < 4.78 is 44.1. The number of methoxy groups -OCH3 is 1. The molecule has 12 heteroatoms. The number of carboxylic acid groups (broad SMARTS) is 1. The average molecular weight is 468 g/mol. The monoisotopic (exact) mass is 467 g/mol. The van der Waals surface area contributed by atoms with Crippen molar-refractivity contribution in [2.75, 3.05) is 26.0 Å². The van der Waals surface area contributed by atoms with E-state index in [0.29, 0.717) is 21.3 Å². The van der Waals surface area contributed by atoms with E-state index in [2.05, 4.69) is 15.3 Å². The number of nitrogens with one attached hydrogen (secondary N) is 1. The average Bonchev–Trinajstić information content (AvgIpc) is 3.13. The van der Waals surface area contributed by atoms with Crippen molar-refractivity contribution in [2.45, 2.75) is 5.25 Å². The fourth-order valence-corrected chi connectivity index (χ4v) is 5.76. The molecule has 1 aromatic carbocycles. The van der Waals surface area contributed by atoms with E-state index in [1.807, 2.05) is 0 Å². The Labute approximate surface area is 180 Å². The van der Waals surface area contributed by atoms with E-state index < -0.39 is 45.2 Å². The topological polar surface area (TPSA) is 136 Å². The Morgan fingerprint density at radius 3 is 2.65 bits per heavy atom. The number of thiazole rings is 1. The molecule has 164 valence electrons. The van der Waals surface area contributed by atoms with Crippen LogP contribution >= 0.6 is 11.3 Å². The van der Waals surface area contributed by atoms with Crippen LogP contribution < -0.4 is 5.32 Å². The number of sulfone groups is 1. The first-order valence-electron chi connectivity index (χ1n) is 8.93. The maximum absolute atomic E-state index is 13.1. The molecule has 31 heavy (non-hydrogen) atoms. The predicted octanol–water partition coefficient (Wildman–Crippen LogP) is 1.80. The summed E-state index contributed by atoms with van der Waals surface area (Å²) in [6, 6.07) is 7.90. The van der Waals surface area contributed by atoms with Crippen LogP contribution in [0.2, 0.25) is 0 Å². The highest BCUT2D eigenvalue weighted by molar-refractivity contribution is 7.92. The van der Waals surface area contributed by atoms with Gasteiger partial charge in [0.15, 0.2) is 15.1 Å². The Morgan fingerprint density at radius 1 is 1.26 bits per heavy atom. The molecule has 0 aliphatic carbocycles. The Morgan fingerprint density at radius 2 is 2.00 bits per heavy atom. The van der Waals surface area contributed by atoms with Crippen molar-refractivity contribution in [3.05, 3.63) is 47.5 Å². The predicted molar refractivity (Wildman–Crippen MR) is 112 cm³/mol. The quantitative estimate of drug-likeness (QED) is 0.455. The van der Waals surface area contributed by atoms with Crippen LogP contribution in [0.4, 0.5) is 4.39 Å². The standard InChI is InChI=1S/C19H18FN3O6S2/c1-29-6-7-31(27,28)17(18(26)22-10-16(24)25)19-23-13-4-2-11(8-14(13)30-19)12-3-5-15(20)21-9-12/h2-5,8-9,17H,6-7,10H2,1H3,(H,22,26)(H,24,25). The molecule has 0 aliphatic rings. The molecule has 0 radical (unpaired) electrons. The van der Waals surface area contributed by atoms with Crippen molar-refractivity contribution in [2.24, 2.45) is 0 Å². The minimum absolute atomic E-state index is 0.0170. The third kappa shape index (κ3) is 5.40. The largest absolute Gasteiger partial charge is 0.480 e. The van der Waals surface area contributed by atoms with Gasteiger partial charge in [0, 0.05) is 18.9 Å². The van der Waals surface area contributed by atoms with Crippen LogP contribution in [0.5, 0.6) is 0 Å². The first kappa shape index (κ1) is 22.7. The number of amides is 1. The number of nitrogens with zero attached hydrogens (tertiary/aromatic N) is 2. The molecule has 0 bridgehead atoms. The molecule has 0 saturated carbocycles. The number of carboxylic acids is 1. The second kappa shape index (κ2) is 9.45. The lowest BCUT2D eigenvalue weighted by Gasteiger charge is -2.14. The number of hydrogen-bond acceptors (Lipinski definition) is 8. The zero-order chi connectivity index (χ0) is 22.6. The number of hydrogen-bond donors (Lipinski definition) is 2. The zero-order valence-corrected chi connectivity index (χ0v) is 17.9. The summed E-state index contributed by atoms with van der Waals surface area (Å²) in [7, 11) is -2.70. The number of carbonyl (C=O) groups is 2. The molecule has 2 aromatic heterocycles. The molecule has 1 atom stereocenters. The van der Waals surface area contributed by atoms with Crippen molar-refractivity contribution in [1.82, 2.24) is 15.3 Å². The highest BCUT2D eigenvalue weighted by Crippen LogP contribution is 2.34. The van der Waals surface area contributed by atoms with Crippen LogP contribution in [0.1, 0.15) is 10.3 Å². The van der Waals surface area contributed by atoms with Crippen LogP contribution in [0.3, 0.4) is 0 Å². The fraction of sp³-hybridized carbons (Fsp3) is 0.263. The second-order valence-electron chi connectivity index (χ2n) is 6.46. The Kier molecular flexibility index (Phi) is 6.93. The highest BCUT2D eigenvalue weighted by Gasteiger charge is 2.37. The molecule has 2 heterocycles. The van der Waals surface area contributed by atoms with Crippen molar-refractivity contribution in [3.63, 3.8) is 0 Å². The summed E-state index contributed by atoms with van der Waals surface area (Å²) in [5.41, 5.74) is 1.84. The van der Waals surface area contributed by atoms with Gasteiger partial charge in [-0.2, -0.15) is 4.39 Å². The Balaban J connectivity index is 2.01. The van der Waals surface area contributed by atoms with Gasteiger partial charge in [-0.15, -0.1) is 11.3 Å². The van der Waals surface area contributed by atoms with Crippen molar-refractivity contribution in [1.29, 1.82) is 0 Å². The van der Waals surface area contributed by atoms with E-state index in [1.54, 1.807) is 24.3 Å². The first-order chi connectivity index (χ1) is 14.7. The van der Waals surface area contributed by atoms with Crippen molar-refractivity contribution >= 4 is 43.3 Å². The summed E-state index contributed by atoms with van der Waals surface area (Å²) in [5, 5.41) is 9.26. The van der Waals surface area contributed by atoms with Gasteiger partial charge in [0.1, 0.15) is 11.6 Å². The van der Waals surface area contributed by atoms with Gasteiger partial charge in [0.25, 0.3) is 0 Å². The van der Waals surface area contributed by atoms with E-state index in [0.717, 1.165) is 11.3 Å². The van der Waals surface area contributed by atoms with Gasteiger partial charge in [-0.05, 0) is 29.8 Å². The Hall–Kier alpha value is -2.96. The van der Waals surface area contributed by atoms with E-state index in [4.69, 9.17) is 9.84 Å². The molecule has 0 aliphatic heterocycles. The Bertz CT molecular complexity index is 1210. The van der Waals surface area contributed by atoms with Gasteiger partial charge in [-0.3, -0.25) is 9.59 Å². The minimum atomic E-state index is -4.03. The molecule has 0 saturated heterocycles. The number of ether oxygens (including phenoxy) is 1. The number of fused-ring (bicyclic) bond motifs is 1. The lowest BCUT2D eigenvalue weighted by molar-refractivity contribution is -0.137. The van der Waals surface area contributed by atoms with Crippen molar-refractivity contribution < 1.29 is 32.2 Å². The van der Waals surface area contributed by atoms with Crippen LogP contribution in [0, 0.1) is 5.95 Å². The van der Waals surface area contributed by atoms with Crippen LogP contribution in [0.15, 0.2) is 36.5 Å². The molecular formula is C19H18FN3O6S2. The molecule has 2 N–H and O–H groups in total. The molecule has 0 fully saturated rings. The maximum atomic E-state index is 13.1. The number of benzene rings is 1. The molecule has 3 rings (SSSR count). The summed E-state index contributed by atoms with van der Waals surface area (Å²) in [6.45, 7) is -0.848. The summed E-state index contributed by atoms with van der Waals surface area (Å²) in [6.07, 6.45) is 1.37. The number of halogens is 1. The van der Waals surface area contributed by atoms with Crippen molar-refractivity contribution in [3.8, 4) is 11.1 Å². The zero-order valence-electron chi connectivity index (χ0n) is 16.2. The second-order valence-corrected chi connectivity index (χ2v) is 9.72. The SMILES string of the molecule is COCCS(=O)(=O)C(C(=O)NCC(=O)O)c1nc2ccc(-c3ccc(F)nc3)cc2s1. The lowest BCUT2D eigenvalue weighted by atomic mass is 10.1. The number of pyridine rings is 1. The van der Waals surface area contributed by atoms with E-state index in [-0.39, 0.29) is 11.6 Å². The maximum Gasteiger partial charge on any atom is 0.322 e. The molecule has 9 nitrogen and oxygen atoms in total. The molecule has 3 aromatic rings. The van der Waals surface area contributed by atoms with Gasteiger partial charge in [0.2, 0.25) is 11.9 Å². The first-order valence-corrected chi connectivity index (χ1v) is 11.5. The normalized spacial score (nSPS) is 12.6. The van der Waals surface area contributed by atoms with Crippen LogP contribution in [-0.2, 0) is 24.2 Å². The van der Waals surface area contributed by atoms with Gasteiger partial charge in [-0.25, -0.2) is 18.4 Å². The van der Waals surface area contributed by atoms with Gasteiger partial charge in [-0.1, -0.05) is 6.07 Å². The van der Waals surface area contributed by atoms with E-state index in [1.165, 1.54) is 19.4 Å². The third-order valence-electron chi connectivity index (χ3n) is 4.27. The van der Waals surface area contributed by atoms with Gasteiger partial charge < -0.3 is 15.2 Å². The van der Waals surface area contributed by atoms with Crippen LogP contribution in [0.25, 0.3) is 21.3 Å². The smallest absolute Gasteiger partial charge is 0.322 e. The number of carbonyl (C=O) groups excluding carboxylic acids is 1. The third-order valence-corrected chi connectivity index (χ3v) is 7.40. The van der Waals surface area contributed by atoms with Crippen LogP contribution in [-0.4, -0.2) is 61.4 Å². The molecule has 0 spiro atoms. The van der Waals surface area contributed by atoms with Gasteiger partial charge >= 0.3 is 5.97 Å². The summed E-state index contributed by atoms with van der Waals surface area (Å²) in [5.74, 6) is -3.32.